The summed E-state index contributed by atoms with van der Waals surface area (Å²) in [5.74, 6) is 0.807. The lowest BCUT2D eigenvalue weighted by atomic mass is 9.71. The van der Waals surface area contributed by atoms with Gasteiger partial charge in [0.15, 0.2) is 0 Å². The summed E-state index contributed by atoms with van der Waals surface area (Å²) in [5, 5.41) is 1.45. The van der Waals surface area contributed by atoms with E-state index in [0.717, 1.165) is 5.92 Å². The van der Waals surface area contributed by atoms with Crippen molar-refractivity contribution in [3.8, 4) is 0 Å². The molecule has 1 nitrogen and oxygen atoms in total. The van der Waals surface area contributed by atoms with Crippen LogP contribution in [0.4, 0.5) is 0 Å². The summed E-state index contributed by atoms with van der Waals surface area (Å²) in [4.78, 5) is 3.65. The van der Waals surface area contributed by atoms with Gasteiger partial charge in [-0.1, -0.05) is 32.9 Å². The fraction of sp³-hybridized carbons (Fsp3) is 0.500. The van der Waals surface area contributed by atoms with Crippen molar-refractivity contribution in [3.63, 3.8) is 0 Å². The van der Waals surface area contributed by atoms with E-state index in [9.17, 15) is 0 Å². The van der Waals surface area contributed by atoms with Gasteiger partial charge < -0.3 is 4.98 Å². The number of hydrogen-bond donors (Lipinski definition) is 1. The lowest BCUT2D eigenvalue weighted by molar-refractivity contribution is 0.216. The molecule has 1 atom stereocenters. The average Bonchev–Trinajstić information content (AvgIpc) is 2.67. The van der Waals surface area contributed by atoms with Gasteiger partial charge in [-0.05, 0) is 64.8 Å². The largest absolute Gasteiger partial charge is 0.357 e. The van der Waals surface area contributed by atoms with E-state index in [1.54, 1.807) is 5.56 Å². The van der Waals surface area contributed by atoms with Crippen LogP contribution in [-0.4, -0.2) is 4.98 Å². The van der Waals surface area contributed by atoms with Crippen molar-refractivity contribution in [1.29, 1.82) is 0 Å². The summed E-state index contributed by atoms with van der Waals surface area (Å²) < 4.78 is 1.34. The van der Waals surface area contributed by atoms with Crippen molar-refractivity contribution >= 4 is 33.5 Å². The van der Waals surface area contributed by atoms with Gasteiger partial charge in [-0.25, -0.2) is 0 Å². The van der Waals surface area contributed by atoms with Crippen molar-refractivity contribution in [2.45, 2.75) is 40.0 Å². The second-order valence-corrected chi connectivity index (χ2v) is 7.71. The molecule has 0 radical (unpaired) electrons. The summed E-state index contributed by atoms with van der Waals surface area (Å²) >= 11 is 2.43. The second kappa shape index (κ2) is 4.26. The van der Waals surface area contributed by atoms with E-state index in [-0.39, 0.29) is 0 Å². The van der Waals surface area contributed by atoms with Crippen LogP contribution in [0.15, 0.2) is 18.2 Å². The number of benzene rings is 1. The normalized spacial score (nSPS) is 20.1. The standard InChI is InChI=1S/C16H20IN/c1-16(2,3)10-7-8-14-12(9-10)11-5-4-6-13(17)15(11)18-14/h4-6,10,18H,7-9H2,1-3H3. The third-order valence-corrected chi connectivity index (χ3v) is 5.30. The number of rotatable bonds is 0. The van der Waals surface area contributed by atoms with E-state index in [4.69, 9.17) is 0 Å². The Labute approximate surface area is 122 Å². The average molecular weight is 353 g/mol. The highest BCUT2D eigenvalue weighted by molar-refractivity contribution is 14.1. The molecule has 0 amide bonds. The molecule has 1 N–H and O–H groups in total. The molecule has 0 spiro atoms. The van der Waals surface area contributed by atoms with Gasteiger partial charge in [0.25, 0.3) is 0 Å². The maximum atomic E-state index is 3.65. The SMILES string of the molecule is CC(C)(C)C1CCc2[nH]c3c(I)cccc3c2C1. The molecule has 3 rings (SSSR count). The number of hydrogen-bond acceptors (Lipinski definition) is 0. The van der Waals surface area contributed by atoms with Gasteiger partial charge in [-0.15, -0.1) is 0 Å². The molecule has 2 heteroatoms. The minimum atomic E-state index is 0.420. The molecule has 1 unspecified atom stereocenters. The fourth-order valence-electron chi connectivity index (χ4n) is 3.14. The van der Waals surface area contributed by atoms with Crippen LogP contribution in [0.25, 0.3) is 10.9 Å². The molecule has 0 aliphatic heterocycles. The number of aromatic nitrogens is 1. The van der Waals surface area contributed by atoms with Crippen LogP contribution in [0.5, 0.6) is 0 Å². The maximum Gasteiger partial charge on any atom is 0.0594 e. The Morgan fingerprint density at radius 3 is 2.78 bits per heavy atom. The van der Waals surface area contributed by atoms with Crippen LogP contribution in [-0.2, 0) is 12.8 Å². The van der Waals surface area contributed by atoms with Gasteiger partial charge in [-0.3, -0.25) is 0 Å². The Hall–Kier alpha value is -0.510. The van der Waals surface area contributed by atoms with Crippen LogP contribution in [0, 0.1) is 14.9 Å². The lowest BCUT2D eigenvalue weighted by Gasteiger charge is -2.34. The molecule has 0 saturated heterocycles. The van der Waals surface area contributed by atoms with Crippen LogP contribution < -0.4 is 0 Å². The van der Waals surface area contributed by atoms with Crippen molar-refractivity contribution in [2.75, 3.05) is 0 Å². The molecule has 1 heterocycles. The number of H-pyrrole nitrogens is 1. The molecule has 1 aromatic heterocycles. The molecule has 0 fully saturated rings. The van der Waals surface area contributed by atoms with Crippen LogP contribution in [0.2, 0.25) is 0 Å². The lowest BCUT2D eigenvalue weighted by Crippen LogP contribution is -2.26. The molecule has 1 aliphatic rings. The minimum Gasteiger partial charge on any atom is -0.357 e. The summed E-state index contributed by atoms with van der Waals surface area (Å²) in [6.07, 6.45) is 3.76. The molecular weight excluding hydrogens is 333 g/mol. The van der Waals surface area contributed by atoms with Crippen LogP contribution in [0.3, 0.4) is 0 Å². The Balaban J connectivity index is 2.10. The highest BCUT2D eigenvalue weighted by Gasteiger charge is 2.30. The van der Waals surface area contributed by atoms with Gasteiger partial charge in [0.1, 0.15) is 0 Å². The van der Waals surface area contributed by atoms with Crippen molar-refractivity contribution < 1.29 is 0 Å². The number of fused-ring (bicyclic) bond motifs is 3. The van der Waals surface area contributed by atoms with E-state index >= 15 is 0 Å². The zero-order chi connectivity index (χ0) is 12.9. The van der Waals surface area contributed by atoms with Gasteiger partial charge in [0.2, 0.25) is 0 Å². The quantitative estimate of drug-likeness (QED) is 0.647. The maximum absolute atomic E-state index is 3.65. The van der Waals surface area contributed by atoms with E-state index < -0.39 is 0 Å². The topological polar surface area (TPSA) is 15.8 Å². The van der Waals surface area contributed by atoms with Gasteiger partial charge >= 0.3 is 0 Å². The van der Waals surface area contributed by atoms with Crippen molar-refractivity contribution in [2.24, 2.45) is 11.3 Å². The highest BCUT2D eigenvalue weighted by atomic mass is 127. The number of nitrogens with one attached hydrogen (secondary N) is 1. The Kier molecular flexibility index (Phi) is 2.96. The summed E-state index contributed by atoms with van der Waals surface area (Å²) in [6.45, 7) is 7.13. The molecule has 96 valence electrons. The third-order valence-electron chi connectivity index (χ3n) is 4.40. The molecule has 1 aromatic carbocycles. The monoisotopic (exact) mass is 353 g/mol. The molecule has 0 bridgehead atoms. The van der Waals surface area contributed by atoms with E-state index in [1.807, 2.05) is 0 Å². The number of aryl methyl sites for hydroxylation is 1. The van der Waals surface area contributed by atoms with Crippen molar-refractivity contribution in [1.82, 2.24) is 4.98 Å². The Bertz CT molecular complexity index is 589. The fourth-order valence-corrected chi connectivity index (χ4v) is 3.78. The first kappa shape index (κ1) is 12.5. The van der Waals surface area contributed by atoms with E-state index in [0.29, 0.717) is 5.41 Å². The molecule has 0 saturated carbocycles. The number of aromatic amines is 1. The van der Waals surface area contributed by atoms with Gasteiger partial charge in [0, 0.05) is 14.7 Å². The zero-order valence-electron chi connectivity index (χ0n) is 11.3. The first-order chi connectivity index (χ1) is 8.47. The summed E-state index contributed by atoms with van der Waals surface area (Å²) in [5.41, 5.74) is 4.82. The predicted molar refractivity (Wildman–Crippen MR) is 86.0 cm³/mol. The predicted octanol–water partition coefficient (Wildman–Crippen LogP) is 4.92. The first-order valence-electron chi connectivity index (χ1n) is 6.75. The second-order valence-electron chi connectivity index (χ2n) is 6.55. The highest BCUT2D eigenvalue weighted by Crippen LogP contribution is 2.40. The zero-order valence-corrected chi connectivity index (χ0v) is 13.5. The van der Waals surface area contributed by atoms with Crippen LogP contribution in [0.1, 0.15) is 38.4 Å². The molecule has 2 aromatic rings. The van der Waals surface area contributed by atoms with E-state index in [1.165, 1.54) is 39.4 Å². The van der Waals surface area contributed by atoms with E-state index in [2.05, 4.69) is 66.5 Å². The summed E-state index contributed by atoms with van der Waals surface area (Å²) in [7, 11) is 0. The molecular formula is C16H20IN. The van der Waals surface area contributed by atoms with Crippen molar-refractivity contribution in [3.05, 3.63) is 33.0 Å². The summed E-state index contributed by atoms with van der Waals surface area (Å²) in [6, 6.07) is 6.64. The number of para-hydroxylation sites is 1. The van der Waals surface area contributed by atoms with Gasteiger partial charge in [-0.2, -0.15) is 0 Å². The third kappa shape index (κ3) is 1.98. The molecule has 1 aliphatic carbocycles. The van der Waals surface area contributed by atoms with Gasteiger partial charge in [0.05, 0.1) is 5.52 Å². The minimum absolute atomic E-state index is 0.420. The molecule has 18 heavy (non-hydrogen) atoms. The Morgan fingerprint density at radius 2 is 2.06 bits per heavy atom. The van der Waals surface area contributed by atoms with Crippen LogP contribution >= 0.6 is 22.6 Å². The smallest absolute Gasteiger partial charge is 0.0594 e. The number of halogens is 1. The Morgan fingerprint density at radius 1 is 1.28 bits per heavy atom. The first-order valence-corrected chi connectivity index (χ1v) is 7.82.